The third-order valence-electron chi connectivity index (χ3n) is 5.61. The second-order valence-electron chi connectivity index (χ2n) is 7.41. The molecule has 0 radical (unpaired) electrons. The van der Waals surface area contributed by atoms with E-state index in [9.17, 15) is 9.18 Å². The van der Waals surface area contributed by atoms with Crippen molar-refractivity contribution in [2.24, 2.45) is 5.73 Å². The van der Waals surface area contributed by atoms with Crippen LogP contribution < -0.4 is 15.2 Å². The number of para-hydroxylation sites is 1. The zero-order valence-electron chi connectivity index (χ0n) is 17.6. The quantitative estimate of drug-likeness (QED) is 0.581. The molecule has 2 aromatic carbocycles. The predicted molar refractivity (Wildman–Crippen MR) is 117 cm³/mol. The van der Waals surface area contributed by atoms with Crippen LogP contribution in [0, 0.1) is 5.82 Å². The summed E-state index contributed by atoms with van der Waals surface area (Å²) in [4.78, 5) is 13.9. The number of nitrogens with two attached hydrogens (primary N) is 1. The van der Waals surface area contributed by atoms with Gasteiger partial charge in [-0.25, -0.2) is 4.39 Å². The standard InChI is InChI=1S/C24H25FN2O4/c1-3-27(11-5-6-15-13-30-23-17(15)7-4-8-21(23)29-2)16-12-19-18(24(26)28)9-10-20(25)22(19)31-14-16/h4,7-10,12-13H,3,5-6,11,14H2,1-2H3,(H2,26,28). The van der Waals surface area contributed by atoms with Crippen LogP contribution in [0.3, 0.4) is 0 Å². The number of methoxy groups -OCH3 is 1. The van der Waals surface area contributed by atoms with Crippen LogP contribution in [-0.4, -0.2) is 37.6 Å². The summed E-state index contributed by atoms with van der Waals surface area (Å²) in [5.74, 6) is -0.308. The molecule has 0 saturated carbocycles. The highest BCUT2D eigenvalue weighted by Gasteiger charge is 2.23. The predicted octanol–water partition coefficient (Wildman–Crippen LogP) is 4.37. The molecule has 162 valence electrons. The number of halogens is 1. The maximum Gasteiger partial charge on any atom is 0.249 e. The molecule has 1 amide bonds. The number of rotatable bonds is 8. The Morgan fingerprint density at radius 3 is 2.87 bits per heavy atom. The van der Waals surface area contributed by atoms with Gasteiger partial charge in [0.15, 0.2) is 22.9 Å². The van der Waals surface area contributed by atoms with E-state index in [2.05, 4.69) is 11.8 Å². The van der Waals surface area contributed by atoms with E-state index < -0.39 is 11.7 Å². The van der Waals surface area contributed by atoms with Gasteiger partial charge in [-0.15, -0.1) is 0 Å². The molecule has 1 aliphatic heterocycles. The van der Waals surface area contributed by atoms with Gasteiger partial charge in [0.25, 0.3) is 0 Å². The number of fused-ring (bicyclic) bond motifs is 2. The minimum atomic E-state index is -0.609. The fourth-order valence-corrected chi connectivity index (χ4v) is 4.02. The van der Waals surface area contributed by atoms with Crippen LogP contribution in [0.1, 0.15) is 34.8 Å². The van der Waals surface area contributed by atoms with E-state index in [1.807, 2.05) is 24.3 Å². The molecule has 1 aromatic heterocycles. The Labute approximate surface area is 180 Å². The number of likely N-dealkylation sites (N-methyl/N-ethyl adjacent to an activating group) is 1. The lowest BCUT2D eigenvalue weighted by molar-refractivity contribution is 0.0999. The van der Waals surface area contributed by atoms with E-state index in [-0.39, 0.29) is 17.9 Å². The summed E-state index contributed by atoms with van der Waals surface area (Å²) in [5.41, 5.74) is 8.90. The first-order valence-corrected chi connectivity index (χ1v) is 10.3. The molecule has 2 N–H and O–H groups in total. The van der Waals surface area contributed by atoms with Gasteiger partial charge in [0, 0.05) is 24.0 Å². The van der Waals surface area contributed by atoms with E-state index in [4.69, 9.17) is 19.6 Å². The van der Waals surface area contributed by atoms with Gasteiger partial charge in [0.05, 0.1) is 24.6 Å². The zero-order chi connectivity index (χ0) is 22.0. The number of aryl methyl sites for hydroxylation is 1. The van der Waals surface area contributed by atoms with Crippen LogP contribution in [0.25, 0.3) is 17.0 Å². The Bertz CT molecular complexity index is 1150. The zero-order valence-corrected chi connectivity index (χ0v) is 17.6. The van der Waals surface area contributed by atoms with Gasteiger partial charge >= 0.3 is 0 Å². The first kappa shape index (κ1) is 20.8. The van der Waals surface area contributed by atoms with Crippen molar-refractivity contribution in [3.63, 3.8) is 0 Å². The third-order valence-corrected chi connectivity index (χ3v) is 5.61. The summed E-state index contributed by atoms with van der Waals surface area (Å²) < 4.78 is 30.9. The molecule has 0 spiro atoms. The molecule has 6 nitrogen and oxygen atoms in total. The van der Waals surface area contributed by atoms with E-state index in [0.717, 1.165) is 53.9 Å². The lowest BCUT2D eigenvalue weighted by atomic mass is 10.0. The summed E-state index contributed by atoms with van der Waals surface area (Å²) in [7, 11) is 1.63. The summed E-state index contributed by atoms with van der Waals surface area (Å²) >= 11 is 0. The third kappa shape index (κ3) is 3.95. The van der Waals surface area contributed by atoms with Crippen LogP contribution in [0.15, 0.2) is 46.7 Å². The van der Waals surface area contributed by atoms with Crippen molar-refractivity contribution >= 4 is 23.0 Å². The molecular weight excluding hydrogens is 399 g/mol. The molecule has 7 heteroatoms. The summed E-state index contributed by atoms with van der Waals surface area (Å²) in [6.45, 7) is 3.82. The number of ether oxygens (including phenoxy) is 2. The average molecular weight is 424 g/mol. The Morgan fingerprint density at radius 2 is 2.13 bits per heavy atom. The van der Waals surface area contributed by atoms with E-state index in [1.165, 1.54) is 12.1 Å². The molecule has 0 bridgehead atoms. The minimum absolute atomic E-state index is 0.0786. The average Bonchev–Trinajstić information content (AvgIpc) is 3.19. The van der Waals surface area contributed by atoms with Gasteiger partial charge in [-0.1, -0.05) is 12.1 Å². The monoisotopic (exact) mass is 424 g/mol. The van der Waals surface area contributed by atoms with Crippen LogP contribution in [0.5, 0.6) is 11.5 Å². The van der Waals surface area contributed by atoms with Crippen molar-refractivity contribution in [2.75, 3.05) is 26.8 Å². The second kappa shape index (κ2) is 8.71. The number of carbonyl (C=O) groups excluding carboxylic acids is 1. The molecular formula is C24H25FN2O4. The number of amides is 1. The fraction of sp³-hybridized carbons (Fsp3) is 0.292. The van der Waals surface area contributed by atoms with Gasteiger partial charge < -0.3 is 24.5 Å². The SMILES string of the molecule is CCN(CCCc1coc2c(OC)cccc12)C1=Cc2c(C(N)=O)ccc(F)c2OC1. The number of carbonyl (C=O) groups is 1. The first-order valence-electron chi connectivity index (χ1n) is 10.3. The normalized spacial score (nSPS) is 12.8. The molecule has 0 saturated heterocycles. The van der Waals surface area contributed by atoms with Crippen molar-refractivity contribution in [3.8, 4) is 11.5 Å². The molecule has 0 aliphatic carbocycles. The van der Waals surface area contributed by atoms with E-state index in [0.29, 0.717) is 5.56 Å². The number of primary amides is 1. The van der Waals surface area contributed by atoms with Gasteiger partial charge in [-0.2, -0.15) is 0 Å². The van der Waals surface area contributed by atoms with Crippen molar-refractivity contribution in [3.05, 3.63) is 64.8 Å². The Balaban J connectivity index is 1.50. The summed E-state index contributed by atoms with van der Waals surface area (Å²) in [5, 5.41) is 1.05. The van der Waals surface area contributed by atoms with Crippen molar-refractivity contribution < 1.29 is 23.1 Å². The van der Waals surface area contributed by atoms with Crippen molar-refractivity contribution in [1.29, 1.82) is 0 Å². The molecule has 0 unspecified atom stereocenters. The van der Waals surface area contributed by atoms with Crippen LogP contribution >= 0.6 is 0 Å². The molecule has 2 heterocycles. The second-order valence-corrected chi connectivity index (χ2v) is 7.41. The molecule has 31 heavy (non-hydrogen) atoms. The molecule has 0 fully saturated rings. The van der Waals surface area contributed by atoms with Crippen LogP contribution in [0.4, 0.5) is 4.39 Å². The minimum Gasteiger partial charge on any atom is -0.493 e. The van der Waals surface area contributed by atoms with Gasteiger partial charge in [-0.3, -0.25) is 4.79 Å². The highest BCUT2D eigenvalue weighted by atomic mass is 19.1. The lowest BCUT2D eigenvalue weighted by Crippen LogP contribution is -2.29. The smallest absolute Gasteiger partial charge is 0.249 e. The Hall–Kier alpha value is -3.48. The van der Waals surface area contributed by atoms with E-state index in [1.54, 1.807) is 13.4 Å². The van der Waals surface area contributed by atoms with Gasteiger partial charge in [0.2, 0.25) is 5.91 Å². The topological polar surface area (TPSA) is 77.9 Å². The fourth-order valence-electron chi connectivity index (χ4n) is 4.02. The Morgan fingerprint density at radius 1 is 1.29 bits per heavy atom. The van der Waals surface area contributed by atoms with Crippen LogP contribution in [-0.2, 0) is 6.42 Å². The number of hydrogen-bond donors (Lipinski definition) is 1. The number of hydrogen-bond acceptors (Lipinski definition) is 5. The van der Waals surface area contributed by atoms with Gasteiger partial charge in [-0.05, 0) is 49.6 Å². The largest absolute Gasteiger partial charge is 0.493 e. The maximum absolute atomic E-state index is 14.1. The molecule has 4 rings (SSSR count). The van der Waals surface area contributed by atoms with Gasteiger partial charge in [0.1, 0.15) is 6.61 Å². The number of furan rings is 1. The number of benzene rings is 2. The molecule has 1 aliphatic rings. The van der Waals surface area contributed by atoms with Crippen LogP contribution in [0.2, 0.25) is 0 Å². The van der Waals surface area contributed by atoms with Crippen molar-refractivity contribution in [2.45, 2.75) is 19.8 Å². The number of nitrogens with zero attached hydrogens (tertiary/aromatic N) is 1. The highest BCUT2D eigenvalue weighted by Crippen LogP contribution is 2.33. The first-order chi connectivity index (χ1) is 15.0. The van der Waals surface area contributed by atoms with E-state index >= 15 is 0 Å². The highest BCUT2D eigenvalue weighted by molar-refractivity contribution is 5.98. The maximum atomic E-state index is 14.1. The lowest BCUT2D eigenvalue weighted by Gasteiger charge is -2.29. The summed E-state index contributed by atoms with van der Waals surface area (Å²) in [6, 6.07) is 8.47. The Kier molecular flexibility index (Phi) is 5.84. The van der Waals surface area contributed by atoms with Crippen molar-refractivity contribution in [1.82, 2.24) is 4.90 Å². The molecule has 3 aromatic rings. The molecule has 0 atom stereocenters. The summed E-state index contributed by atoms with van der Waals surface area (Å²) in [6.07, 6.45) is 5.31.